The third-order valence-corrected chi connectivity index (χ3v) is 3.56. The Bertz CT molecular complexity index is 932. The van der Waals surface area contributed by atoms with Crippen LogP contribution in [0.5, 0.6) is 0 Å². The van der Waals surface area contributed by atoms with Gasteiger partial charge in [0.2, 0.25) is 5.76 Å². The molecule has 0 amide bonds. The number of hydrogen-bond acceptors (Lipinski definition) is 5. The molecule has 0 fully saturated rings. The van der Waals surface area contributed by atoms with Crippen molar-refractivity contribution in [2.75, 3.05) is 0 Å². The van der Waals surface area contributed by atoms with Crippen molar-refractivity contribution in [2.45, 2.75) is 33.0 Å². The zero-order valence-electron chi connectivity index (χ0n) is 14.9. The average Bonchev–Trinajstić information content (AvgIpc) is 3.02. The molecule has 1 heterocycles. The maximum Gasteiger partial charge on any atom is 0.374 e. The van der Waals surface area contributed by atoms with Crippen LogP contribution in [0.25, 0.3) is 11.0 Å². The van der Waals surface area contributed by atoms with Crippen molar-refractivity contribution in [2.24, 2.45) is 0 Å². The van der Waals surface area contributed by atoms with Crippen LogP contribution in [0.1, 0.15) is 47.2 Å². The summed E-state index contributed by atoms with van der Waals surface area (Å²) in [4.78, 5) is 24.3. The minimum Gasteiger partial charge on any atom is -0.456 e. The quantitative estimate of drug-likeness (QED) is 0.634. The molecule has 0 N–H and O–H groups in total. The number of rotatable bonds is 4. The van der Waals surface area contributed by atoms with Crippen LogP contribution in [-0.4, -0.2) is 17.5 Å². The molecule has 5 nitrogen and oxygen atoms in total. The number of carbonyl (C=O) groups excluding carboxylic acids is 2. The summed E-state index contributed by atoms with van der Waals surface area (Å²) in [6.45, 7) is 5.59. The van der Waals surface area contributed by atoms with Gasteiger partial charge in [-0.3, -0.25) is 0 Å². The molecule has 0 radical (unpaired) electrons. The summed E-state index contributed by atoms with van der Waals surface area (Å²) in [5.41, 5.74) is 1.22. The number of esters is 2. The van der Waals surface area contributed by atoms with Gasteiger partial charge in [0.1, 0.15) is 17.8 Å². The highest BCUT2D eigenvalue weighted by molar-refractivity contribution is 5.97. The summed E-state index contributed by atoms with van der Waals surface area (Å²) in [6, 6.07) is 15.9. The maximum absolute atomic E-state index is 12.2. The van der Waals surface area contributed by atoms with Crippen LogP contribution in [0, 0.1) is 0 Å². The second-order valence-electron chi connectivity index (χ2n) is 6.93. The Kier molecular flexibility index (Phi) is 4.80. The van der Waals surface area contributed by atoms with Crippen molar-refractivity contribution in [3.05, 3.63) is 71.5 Å². The number of carbonyl (C=O) groups is 2. The monoisotopic (exact) mass is 352 g/mol. The molecule has 0 unspecified atom stereocenters. The van der Waals surface area contributed by atoms with Crippen LogP contribution in [0.3, 0.4) is 0 Å². The molecular formula is C21H20O5. The fourth-order valence-corrected chi connectivity index (χ4v) is 2.40. The summed E-state index contributed by atoms with van der Waals surface area (Å²) in [5.74, 6) is -0.880. The van der Waals surface area contributed by atoms with E-state index >= 15 is 0 Å². The van der Waals surface area contributed by atoms with Gasteiger partial charge in [0.15, 0.2) is 0 Å². The second kappa shape index (κ2) is 7.04. The lowest BCUT2D eigenvalue weighted by Crippen LogP contribution is -2.23. The summed E-state index contributed by atoms with van der Waals surface area (Å²) < 4.78 is 16.1. The van der Waals surface area contributed by atoms with Gasteiger partial charge in [0, 0.05) is 5.39 Å². The fraction of sp³-hybridized carbons (Fsp3) is 0.238. The molecule has 0 aliphatic carbocycles. The first-order valence-corrected chi connectivity index (χ1v) is 8.30. The Hall–Kier alpha value is -3.08. The average molecular weight is 352 g/mol. The van der Waals surface area contributed by atoms with Gasteiger partial charge in [-0.1, -0.05) is 30.3 Å². The third-order valence-electron chi connectivity index (χ3n) is 3.56. The van der Waals surface area contributed by atoms with Crippen LogP contribution < -0.4 is 0 Å². The standard InChI is InChI=1S/C21H20O5/c1-21(2,3)26-19(22)15-9-10-17-16(11-15)12-18(25-17)20(23)24-13-14-7-5-4-6-8-14/h4-12H,13H2,1-3H3. The lowest BCUT2D eigenvalue weighted by atomic mass is 10.1. The molecule has 134 valence electrons. The molecule has 0 aliphatic heterocycles. The van der Waals surface area contributed by atoms with Gasteiger partial charge >= 0.3 is 11.9 Å². The van der Waals surface area contributed by atoms with Gasteiger partial charge < -0.3 is 13.9 Å². The van der Waals surface area contributed by atoms with Crippen molar-refractivity contribution in [1.29, 1.82) is 0 Å². The summed E-state index contributed by atoms with van der Waals surface area (Å²) in [7, 11) is 0. The van der Waals surface area contributed by atoms with Crippen LogP contribution in [0.2, 0.25) is 0 Å². The van der Waals surface area contributed by atoms with Crippen LogP contribution in [0.15, 0.2) is 59.0 Å². The van der Waals surface area contributed by atoms with Gasteiger partial charge in [-0.25, -0.2) is 9.59 Å². The Morgan fingerprint density at radius 2 is 1.69 bits per heavy atom. The predicted octanol–water partition coefficient (Wildman–Crippen LogP) is 4.75. The Morgan fingerprint density at radius 1 is 0.962 bits per heavy atom. The lowest BCUT2D eigenvalue weighted by Gasteiger charge is -2.19. The van der Waals surface area contributed by atoms with Crippen LogP contribution in [0.4, 0.5) is 0 Å². The van der Waals surface area contributed by atoms with Crippen molar-refractivity contribution in [3.8, 4) is 0 Å². The Morgan fingerprint density at radius 3 is 2.38 bits per heavy atom. The third kappa shape index (κ3) is 4.30. The predicted molar refractivity (Wildman–Crippen MR) is 96.9 cm³/mol. The minimum atomic E-state index is -0.575. The molecule has 26 heavy (non-hydrogen) atoms. The summed E-state index contributed by atoms with van der Waals surface area (Å²) in [6.07, 6.45) is 0. The number of benzene rings is 2. The van der Waals surface area contributed by atoms with E-state index in [1.807, 2.05) is 51.1 Å². The first-order valence-electron chi connectivity index (χ1n) is 8.30. The van der Waals surface area contributed by atoms with Crippen LogP contribution >= 0.6 is 0 Å². The van der Waals surface area contributed by atoms with E-state index in [4.69, 9.17) is 13.9 Å². The molecule has 1 aromatic heterocycles. The van der Waals surface area contributed by atoms with E-state index in [1.165, 1.54) is 0 Å². The molecule has 2 aromatic carbocycles. The zero-order valence-corrected chi connectivity index (χ0v) is 14.9. The van der Waals surface area contributed by atoms with E-state index in [-0.39, 0.29) is 12.4 Å². The van der Waals surface area contributed by atoms with Crippen molar-refractivity contribution in [1.82, 2.24) is 0 Å². The highest BCUT2D eigenvalue weighted by Crippen LogP contribution is 2.23. The van der Waals surface area contributed by atoms with E-state index in [0.717, 1.165) is 5.56 Å². The van der Waals surface area contributed by atoms with E-state index in [9.17, 15) is 9.59 Å². The highest BCUT2D eigenvalue weighted by Gasteiger charge is 2.19. The summed E-state index contributed by atoms with van der Waals surface area (Å²) in [5, 5.41) is 0.639. The maximum atomic E-state index is 12.2. The van der Waals surface area contributed by atoms with Crippen molar-refractivity contribution < 1.29 is 23.5 Å². The first-order chi connectivity index (χ1) is 12.3. The SMILES string of the molecule is CC(C)(C)OC(=O)c1ccc2oc(C(=O)OCc3ccccc3)cc2c1. The van der Waals surface area contributed by atoms with Gasteiger partial charge in [0.25, 0.3) is 0 Å². The molecule has 0 saturated carbocycles. The van der Waals surface area contributed by atoms with Gasteiger partial charge in [0.05, 0.1) is 5.56 Å². The van der Waals surface area contributed by atoms with E-state index in [2.05, 4.69) is 0 Å². The van der Waals surface area contributed by atoms with E-state index in [1.54, 1.807) is 24.3 Å². The number of hydrogen-bond donors (Lipinski definition) is 0. The molecule has 0 bridgehead atoms. The highest BCUT2D eigenvalue weighted by atomic mass is 16.6. The molecule has 0 spiro atoms. The summed E-state index contributed by atoms with van der Waals surface area (Å²) >= 11 is 0. The van der Waals surface area contributed by atoms with Gasteiger partial charge in [-0.05, 0) is 50.6 Å². The zero-order chi connectivity index (χ0) is 18.7. The normalized spacial score (nSPS) is 11.3. The Labute approximate surface area is 151 Å². The molecule has 5 heteroatoms. The van der Waals surface area contributed by atoms with Gasteiger partial charge in [-0.2, -0.15) is 0 Å². The molecular weight excluding hydrogens is 332 g/mol. The minimum absolute atomic E-state index is 0.0947. The number of furan rings is 1. The van der Waals surface area contributed by atoms with Crippen molar-refractivity contribution >= 4 is 22.9 Å². The largest absolute Gasteiger partial charge is 0.456 e. The van der Waals surface area contributed by atoms with Gasteiger partial charge in [-0.15, -0.1) is 0 Å². The van der Waals surface area contributed by atoms with E-state index in [0.29, 0.717) is 16.5 Å². The molecule has 3 rings (SSSR count). The molecule has 0 aliphatic rings. The molecule has 0 atom stereocenters. The van der Waals surface area contributed by atoms with Crippen molar-refractivity contribution in [3.63, 3.8) is 0 Å². The second-order valence-corrected chi connectivity index (χ2v) is 6.93. The lowest BCUT2D eigenvalue weighted by molar-refractivity contribution is 0.00694. The molecule has 0 saturated heterocycles. The number of fused-ring (bicyclic) bond motifs is 1. The molecule has 3 aromatic rings. The van der Waals surface area contributed by atoms with Crippen LogP contribution in [-0.2, 0) is 16.1 Å². The first kappa shape index (κ1) is 17.7. The topological polar surface area (TPSA) is 65.7 Å². The number of ether oxygens (including phenoxy) is 2. The fourth-order valence-electron chi connectivity index (χ4n) is 2.40. The Balaban J connectivity index is 1.74. The van der Waals surface area contributed by atoms with E-state index < -0.39 is 17.5 Å². The smallest absolute Gasteiger partial charge is 0.374 e.